The van der Waals surface area contributed by atoms with Crippen LogP contribution in [0, 0.1) is 0 Å². The van der Waals surface area contributed by atoms with E-state index < -0.39 is 0 Å². The predicted molar refractivity (Wildman–Crippen MR) is 76.4 cm³/mol. The second-order valence-electron chi connectivity index (χ2n) is 5.14. The van der Waals surface area contributed by atoms with Crippen molar-refractivity contribution >= 4 is 11.8 Å². The minimum atomic E-state index is -0.0234. The Hall–Kier alpha value is -1.33. The van der Waals surface area contributed by atoms with Gasteiger partial charge in [0.2, 0.25) is 11.7 Å². The lowest BCUT2D eigenvalue weighted by atomic mass is 9.90. The molecule has 1 aromatic heterocycles. The summed E-state index contributed by atoms with van der Waals surface area (Å²) in [6.07, 6.45) is 3.11. The molecule has 1 atom stereocenters. The molecular formula is C14H17N3OS. The van der Waals surface area contributed by atoms with Gasteiger partial charge in [0.15, 0.2) is 0 Å². The third kappa shape index (κ3) is 2.40. The molecule has 5 heteroatoms. The quantitative estimate of drug-likeness (QED) is 0.873. The minimum Gasteiger partial charge on any atom is -0.338 e. The van der Waals surface area contributed by atoms with Gasteiger partial charge in [-0.2, -0.15) is 4.98 Å². The highest BCUT2D eigenvalue weighted by Crippen LogP contribution is 2.30. The van der Waals surface area contributed by atoms with Crippen molar-refractivity contribution in [2.45, 2.75) is 23.7 Å². The summed E-state index contributed by atoms with van der Waals surface area (Å²) in [6.45, 7) is 4.08. The first kappa shape index (κ1) is 12.7. The normalized spacial score (nSPS) is 22.8. The van der Waals surface area contributed by atoms with Crippen molar-refractivity contribution in [3.05, 3.63) is 30.2 Å². The number of hydrogen-bond donors (Lipinski definition) is 1. The Balaban J connectivity index is 1.87. The first-order chi connectivity index (χ1) is 9.21. The molecule has 1 aliphatic rings. The van der Waals surface area contributed by atoms with Gasteiger partial charge >= 0.3 is 0 Å². The molecule has 0 aliphatic carbocycles. The van der Waals surface area contributed by atoms with E-state index in [-0.39, 0.29) is 5.41 Å². The Morgan fingerprint density at radius 2 is 2.11 bits per heavy atom. The highest BCUT2D eigenvalue weighted by atomic mass is 32.2. The van der Waals surface area contributed by atoms with Crippen LogP contribution < -0.4 is 5.32 Å². The number of benzene rings is 1. The van der Waals surface area contributed by atoms with Gasteiger partial charge in [0, 0.05) is 17.0 Å². The molecule has 1 aromatic carbocycles. The largest absolute Gasteiger partial charge is 0.338 e. The molecule has 0 bridgehead atoms. The first-order valence-corrected chi connectivity index (χ1v) is 7.63. The van der Waals surface area contributed by atoms with Crippen LogP contribution in [-0.2, 0) is 5.41 Å². The lowest BCUT2D eigenvalue weighted by Crippen LogP contribution is -2.25. The number of rotatable bonds is 3. The third-order valence-corrected chi connectivity index (χ3v) is 4.40. The van der Waals surface area contributed by atoms with Gasteiger partial charge in [-0.25, -0.2) is 0 Å². The monoisotopic (exact) mass is 275 g/mol. The summed E-state index contributed by atoms with van der Waals surface area (Å²) in [5.74, 6) is 1.41. The third-order valence-electron chi connectivity index (χ3n) is 3.66. The van der Waals surface area contributed by atoms with Crippen LogP contribution in [0.4, 0.5) is 0 Å². The summed E-state index contributed by atoms with van der Waals surface area (Å²) in [5, 5.41) is 7.46. The van der Waals surface area contributed by atoms with Crippen LogP contribution in [0.3, 0.4) is 0 Å². The Labute approximate surface area is 117 Å². The molecule has 100 valence electrons. The zero-order valence-electron chi connectivity index (χ0n) is 11.1. The van der Waals surface area contributed by atoms with Crippen LogP contribution in [0.1, 0.15) is 19.2 Å². The van der Waals surface area contributed by atoms with Gasteiger partial charge in [0.25, 0.3) is 0 Å². The van der Waals surface area contributed by atoms with Crippen LogP contribution in [0.15, 0.2) is 33.7 Å². The summed E-state index contributed by atoms with van der Waals surface area (Å²) in [7, 11) is 0. The Morgan fingerprint density at radius 1 is 1.32 bits per heavy atom. The summed E-state index contributed by atoms with van der Waals surface area (Å²) < 4.78 is 5.46. The molecule has 1 aliphatic heterocycles. The van der Waals surface area contributed by atoms with E-state index in [2.05, 4.69) is 40.8 Å². The van der Waals surface area contributed by atoms with Gasteiger partial charge in [-0.3, -0.25) is 0 Å². The van der Waals surface area contributed by atoms with Crippen molar-refractivity contribution in [2.24, 2.45) is 0 Å². The standard InChI is InChI=1S/C14H17N3OS/c1-14(7-8-15-9-14)13-16-12(17-18-13)10-3-5-11(19-2)6-4-10/h3-6,15H,7-9H2,1-2H3. The second kappa shape index (κ2) is 4.98. The molecule has 2 heterocycles. The Bertz CT molecular complexity index is 558. The van der Waals surface area contributed by atoms with E-state index in [4.69, 9.17) is 4.52 Å². The molecule has 19 heavy (non-hydrogen) atoms. The molecule has 0 amide bonds. The number of nitrogens with zero attached hydrogens (tertiary/aromatic N) is 2. The minimum absolute atomic E-state index is 0.0234. The van der Waals surface area contributed by atoms with E-state index in [9.17, 15) is 0 Å². The number of hydrogen-bond acceptors (Lipinski definition) is 5. The fourth-order valence-corrected chi connectivity index (χ4v) is 2.73. The molecule has 1 N–H and O–H groups in total. The molecule has 1 fully saturated rings. The van der Waals surface area contributed by atoms with Crippen LogP contribution >= 0.6 is 11.8 Å². The van der Waals surface area contributed by atoms with Crippen molar-refractivity contribution in [3.63, 3.8) is 0 Å². The average molecular weight is 275 g/mol. The average Bonchev–Trinajstić information content (AvgIpc) is 3.08. The smallest absolute Gasteiger partial charge is 0.234 e. The lowest BCUT2D eigenvalue weighted by molar-refractivity contribution is 0.306. The lowest BCUT2D eigenvalue weighted by Gasteiger charge is -2.15. The van der Waals surface area contributed by atoms with Gasteiger partial charge in [-0.05, 0) is 50.4 Å². The maximum absolute atomic E-state index is 5.46. The Morgan fingerprint density at radius 3 is 2.74 bits per heavy atom. The summed E-state index contributed by atoms with van der Waals surface area (Å²) in [5.41, 5.74) is 0.979. The number of aromatic nitrogens is 2. The molecule has 0 saturated carbocycles. The van der Waals surface area contributed by atoms with E-state index in [1.807, 2.05) is 12.1 Å². The molecule has 0 spiro atoms. The van der Waals surface area contributed by atoms with E-state index >= 15 is 0 Å². The SMILES string of the molecule is CSc1ccc(-c2noc(C3(C)CCNC3)n2)cc1. The second-order valence-corrected chi connectivity index (χ2v) is 6.02. The predicted octanol–water partition coefficient (Wildman–Crippen LogP) is 2.71. The van der Waals surface area contributed by atoms with E-state index in [0.29, 0.717) is 5.82 Å². The Kier molecular flexibility index (Phi) is 3.33. The molecule has 4 nitrogen and oxygen atoms in total. The van der Waals surface area contributed by atoms with Gasteiger partial charge in [0.05, 0.1) is 5.41 Å². The van der Waals surface area contributed by atoms with Gasteiger partial charge < -0.3 is 9.84 Å². The van der Waals surface area contributed by atoms with Crippen LogP contribution in [0.2, 0.25) is 0 Å². The van der Waals surface area contributed by atoms with E-state index in [1.54, 1.807) is 11.8 Å². The van der Waals surface area contributed by atoms with Crippen molar-refractivity contribution in [2.75, 3.05) is 19.3 Å². The van der Waals surface area contributed by atoms with Crippen molar-refractivity contribution in [1.29, 1.82) is 0 Å². The molecule has 0 radical (unpaired) electrons. The van der Waals surface area contributed by atoms with Crippen LogP contribution in [0.25, 0.3) is 11.4 Å². The number of nitrogens with one attached hydrogen (secondary N) is 1. The fraction of sp³-hybridized carbons (Fsp3) is 0.429. The number of thioether (sulfide) groups is 1. The van der Waals surface area contributed by atoms with Crippen molar-refractivity contribution in [3.8, 4) is 11.4 Å². The van der Waals surface area contributed by atoms with Crippen molar-refractivity contribution < 1.29 is 4.52 Å². The zero-order valence-corrected chi connectivity index (χ0v) is 12.0. The van der Waals surface area contributed by atoms with Gasteiger partial charge in [-0.1, -0.05) is 5.16 Å². The fourth-order valence-electron chi connectivity index (χ4n) is 2.33. The van der Waals surface area contributed by atoms with E-state index in [0.717, 1.165) is 31.0 Å². The highest BCUT2D eigenvalue weighted by Gasteiger charge is 2.36. The maximum Gasteiger partial charge on any atom is 0.234 e. The first-order valence-electron chi connectivity index (χ1n) is 6.41. The van der Waals surface area contributed by atoms with Crippen LogP contribution in [-0.4, -0.2) is 29.5 Å². The van der Waals surface area contributed by atoms with Crippen LogP contribution in [0.5, 0.6) is 0 Å². The molecule has 1 unspecified atom stereocenters. The van der Waals surface area contributed by atoms with Gasteiger partial charge in [0.1, 0.15) is 0 Å². The molecule has 2 aromatic rings. The van der Waals surface area contributed by atoms with Crippen molar-refractivity contribution in [1.82, 2.24) is 15.5 Å². The topological polar surface area (TPSA) is 51.0 Å². The summed E-state index contributed by atoms with van der Waals surface area (Å²) in [4.78, 5) is 5.80. The molecular weight excluding hydrogens is 258 g/mol. The summed E-state index contributed by atoms with van der Waals surface area (Å²) in [6, 6.07) is 8.23. The zero-order chi connectivity index (χ0) is 13.3. The highest BCUT2D eigenvalue weighted by molar-refractivity contribution is 7.98. The van der Waals surface area contributed by atoms with E-state index in [1.165, 1.54) is 4.90 Å². The molecule has 3 rings (SSSR count). The summed E-state index contributed by atoms with van der Waals surface area (Å²) >= 11 is 1.73. The van der Waals surface area contributed by atoms with Gasteiger partial charge in [-0.15, -0.1) is 11.8 Å². The maximum atomic E-state index is 5.46. The molecule has 1 saturated heterocycles.